The molecule has 1 heterocycles. The van der Waals surface area contributed by atoms with Crippen LogP contribution in [0.3, 0.4) is 0 Å². The predicted molar refractivity (Wildman–Crippen MR) is 80.2 cm³/mol. The molecule has 4 nitrogen and oxygen atoms in total. The molecule has 0 bridgehead atoms. The Labute approximate surface area is 119 Å². The second-order valence-corrected chi connectivity index (χ2v) is 4.39. The van der Waals surface area contributed by atoms with Crippen LogP contribution in [-0.2, 0) is 6.54 Å². The minimum absolute atomic E-state index is 0.621. The highest BCUT2D eigenvalue weighted by molar-refractivity contribution is 5.68. The van der Waals surface area contributed by atoms with Gasteiger partial charge >= 0.3 is 0 Å². The number of methoxy groups -OCH3 is 2. The first-order chi connectivity index (χ1) is 9.78. The van der Waals surface area contributed by atoms with Crippen LogP contribution in [0.2, 0.25) is 0 Å². The van der Waals surface area contributed by atoms with Crippen LogP contribution >= 0.6 is 0 Å². The molecule has 0 radical (unpaired) electrons. The summed E-state index contributed by atoms with van der Waals surface area (Å²) in [6.45, 7) is 3.82. The number of aromatic nitrogens is 1. The van der Waals surface area contributed by atoms with Crippen molar-refractivity contribution < 1.29 is 9.47 Å². The maximum Gasteiger partial charge on any atom is 0.212 e. The molecule has 0 atom stereocenters. The van der Waals surface area contributed by atoms with Crippen LogP contribution in [0, 0.1) is 0 Å². The zero-order valence-electron chi connectivity index (χ0n) is 12.1. The Morgan fingerprint density at radius 3 is 2.55 bits per heavy atom. The molecule has 2 rings (SSSR count). The molecule has 1 aromatic carbocycles. The van der Waals surface area contributed by atoms with Crippen molar-refractivity contribution in [2.75, 3.05) is 20.8 Å². The zero-order chi connectivity index (χ0) is 14.4. The maximum absolute atomic E-state index is 5.30. The van der Waals surface area contributed by atoms with E-state index in [9.17, 15) is 0 Å². The van der Waals surface area contributed by atoms with E-state index >= 15 is 0 Å². The van der Waals surface area contributed by atoms with Crippen molar-refractivity contribution in [1.29, 1.82) is 0 Å². The smallest absolute Gasteiger partial charge is 0.212 e. The average molecular weight is 272 g/mol. The third-order valence-electron chi connectivity index (χ3n) is 3.13. The second-order valence-electron chi connectivity index (χ2n) is 4.39. The van der Waals surface area contributed by atoms with Crippen molar-refractivity contribution in [3.05, 3.63) is 42.1 Å². The summed E-state index contributed by atoms with van der Waals surface area (Å²) in [5.74, 6) is 1.48. The molecule has 0 aliphatic rings. The summed E-state index contributed by atoms with van der Waals surface area (Å²) < 4.78 is 10.4. The Kier molecular flexibility index (Phi) is 4.96. The summed E-state index contributed by atoms with van der Waals surface area (Å²) in [6, 6.07) is 9.98. The molecule has 4 heteroatoms. The summed E-state index contributed by atoms with van der Waals surface area (Å²) in [6.07, 6.45) is 1.83. The van der Waals surface area contributed by atoms with Gasteiger partial charge in [-0.1, -0.05) is 13.0 Å². The van der Waals surface area contributed by atoms with Crippen molar-refractivity contribution in [1.82, 2.24) is 10.3 Å². The molecule has 0 aliphatic carbocycles. The molecule has 2 aromatic rings. The van der Waals surface area contributed by atoms with Crippen LogP contribution in [0.25, 0.3) is 11.1 Å². The molecule has 0 unspecified atom stereocenters. The highest BCUT2D eigenvalue weighted by Gasteiger charge is 2.07. The van der Waals surface area contributed by atoms with Crippen LogP contribution in [0.15, 0.2) is 36.5 Å². The molecule has 0 saturated carbocycles. The molecule has 0 aliphatic heterocycles. The van der Waals surface area contributed by atoms with E-state index in [-0.39, 0.29) is 0 Å². The summed E-state index contributed by atoms with van der Waals surface area (Å²) >= 11 is 0. The van der Waals surface area contributed by atoms with E-state index in [1.165, 1.54) is 5.56 Å². The highest BCUT2D eigenvalue weighted by Crippen LogP contribution is 2.27. The molecule has 106 valence electrons. The Balaban J connectivity index is 2.37. The van der Waals surface area contributed by atoms with Crippen LogP contribution in [-0.4, -0.2) is 25.7 Å². The van der Waals surface area contributed by atoms with E-state index in [2.05, 4.69) is 29.4 Å². The largest absolute Gasteiger partial charge is 0.497 e. The zero-order valence-corrected chi connectivity index (χ0v) is 12.1. The third-order valence-corrected chi connectivity index (χ3v) is 3.13. The molecule has 0 saturated heterocycles. The molecule has 1 aromatic heterocycles. The van der Waals surface area contributed by atoms with Gasteiger partial charge in [-0.25, -0.2) is 4.98 Å². The van der Waals surface area contributed by atoms with Crippen LogP contribution in [0.5, 0.6) is 11.6 Å². The number of hydrogen-bond donors (Lipinski definition) is 1. The summed E-state index contributed by atoms with van der Waals surface area (Å²) in [5.41, 5.74) is 3.42. The lowest BCUT2D eigenvalue weighted by Gasteiger charge is -2.12. The van der Waals surface area contributed by atoms with E-state index in [0.717, 1.165) is 30.0 Å². The topological polar surface area (TPSA) is 43.4 Å². The van der Waals surface area contributed by atoms with Gasteiger partial charge in [-0.3, -0.25) is 0 Å². The number of pyridine rings is 1. The number of benzene rings is 1. The van der Waals surface area contributed by atoms with Gasteiger partial charge in [0.05, 0.1) is 14.2 Å². The first kappa shape index (κ1) is 14.3. The number of nitrogens with zero attached hydrogens (tertiary/aromatic N) is 1. The van der Waals surface area contributed by atoms with Crippen molar-refractivity contribution in [2.45, 2.75) is 13.5 Å². The highest BCUT2D eigenvalue weighted by atomic mass is 16.5. The summed E-state index contributed by atoms with van der Waals surface area (Å²) in [7, 11) is 3.30. The fourth-order valence-corrected chi connectivity index (χ4v) is 2.04. The number of ether oxygens (including phenoxy) is 2. The van der Waals surface area contributed by atoms with Gasteiger partial charge in [0.25, 0.3) is 0 Å². The van der Waals surface area contributed by atoms with E-state index in [1.54, 1.807) is 14.2 Å². The molecular weight excluding hydrogens is 252 g/mol. The lowest BCUT2D eigenvalue weighted by Crippen LogP contribution is -2.12. The second kappa shape index (κ2) is 6.91. The van der Waals surface area contributed by atoms with Crippen LogP contribution in [0.1, 0.15) is 12.5 Å². The molecule has 0 amide bonds. The number of hydrogen-bond acceptors (Lipinski definition) is 4. The fraction of sp³-hybridized carbons (Fsp3) is 0.312. The Hall–Kier alpha value is -2.07. The predicted octanol–water partition coefficient (Wildman–Crippen LogP) is 2.88. The van der Waals surface area contributed by atoms with Crippen molar-refractivity contribution in [2.24, 2.45) is 0 Å². The standard InChI is InChI=1S/C16H20N2O2/c1-4-17-10-13-9-14(19-2)6-7-15(13)12-5-8-16(20-3)18-11-12/h5-9,11,17H,4,10H2,1-3H3. The van der Waals surface area contributed by atoms with Gasteiger partial charge in [0.1, 0.15) is 5.75 Å². The van der Waals surface area contributed by atoms with Gasteiger partial charge in [-0.2, -0.15) is 0 Å². The van der Waals surface area contributed by atoms with Crippen molar-refractivity contribution in [3.63, 3.8) is 0 Å². The third kappa shape index (κ3) is 3.27. The normalized spacial score (nSPS) is 10.3. The Morgan fingerprint density at radius 1 is 1.10 bits per heavy atom. The monoisotopic (exact) mass is 272 g/mol. The molecule has 1 N–H and O–H groups in total. The molecule has 0 spiro atoms. The van der Waals surface area contributed by atoms with Crippen molar-refractivity contribution in [3.8, 4) is 22.8 Å². The summed E-state index contributed by atoms with van der Waals surface area (Å²) in [5, 5.41) is 3.35. The Bertz CT molecular complexity index is 553. The van der Waals surface area contributed by atoms with Gasteiger partial charge in [-0.05, 0) is 35.9 Å². The first-order valence-electron chi connectivity index (χ1n) is 6.66. The van der Waals surface area contributed by atoms with E-state index < -0.39 is 0 Å². The van der Waals surface area contributed by atoms with E-state index in [1.807, 2.05) is 24.4 Å². The van der Waals surface area contributed by atoms with Gasteiger partial charge in [0, 0.05) is 24.4 Å². The quantitative estimate of drug-likeness (QED) is 0.878. The van der Waals surface area contributed by atoms with Crippen LogP contribution in [0.4, 0.5) is 0 Å². The Morgan fingerprint density at radius 2 is 1.95 bits per heavy atom. The molecule has 0 fully saturated rings. The van der Waals surface area contributed by atoms with Gasteiger partial charge in [-0.15, -0.1) is 0 Å². The minimum Gasteiger partial charge on any atom is -0.497 e. The van der Waals surface area contributed by atoms with E-state index in [0.29, 0.717) is 5.88 Å². The summed E-state index contributed by atoms with van der Waals surface area (Å²) in [4.78, 5) is 4.26. The minimum atomic E-state index is 0.621. The lowest BCUT2D eigenvalue weighted by atomic mass is 10.0. The van der Waals surface area contributed by atoms with Crippen molar-refractivity contribution >= 4 is 0 Å². The van der Waals surface area contributed by atoms with Gasteiger partial charge in [0.15, 0.2) is 0 Å². The van der Waals surface area contributed by atoms with Crippen LogP contribution < -0.4 is 14.8 Å². The van der Waals surface area contributed by atoms with Gasteiger partial charge in [0.2, 0.25) is 5.88 Å². The molecule has 20 heavy (non-hydrogen) atoms. The lowest BCUT2D eigenvalue weighted by molar-refractivity contribution is 0.398. The first-order valence-corrected chi connectivity index (χ1v) is 6.66. The van der Waals surface area contributed by atoms with E-state index in [4.69, 9.17) is 9.47 Å². The average Bonchev–Trinajstić information content (AvgIpc) is 2.52. The molecular formula is C16H20N2O2. The number of rotatable bonds is 6. The maximum atomic E-state index is 5.30. The fourth-order valence-electron chi connectivity index (χ4n) is 2.04. The SMILES string of the molecule is CCNCc1cc(OC)ccc1-c1ccc(OC)nc1. The van der Waals surface area contributed by atoms with Gasteiger partial charge < -0.3 is 14.8 Å². The number of nitrogens with one attached hydrogen (secondary N) is 1.